The van der Waals surface area contributed by atoms with Crippen LogP contribution >= 0.6 is 0 Å². The lowest BCUT2D eigenvalue weighted by atomic mass is 9.81. The van der Waals surface area contributed by atoms with Crippen molar-refractivity contribution in [3.63, 3.8) is 0 Å². The number of carbonyl (C=O) groups is 1. The molecule has 0 aliphatic carbocycles. The Labute approximate surface area is 126 Å². The Morgan fingerprint density at radius 1 is 1.24 bits per heavy atom. The number of hydrogen-bond acceptors (Lipinski definition) is 2. The van der Waals surface area contributed by atoms with E-state index >= 15 is 0 Å². The van der Waals surface area contributed by atoms with E-state index in [1.165, 1.54) is 0 Å². The number of anilines is 1. The number of carbonyl (C=O) groups excluding carboxylic acids is 1. The van der Waals surface area contributed by atoms with Gasteiger partial charge in [-0.15, -0.1) is 0 Å². The fourth-order valence-corrected chi connectivity index (χ4v) is 2.40. The molecule has 0 spiro atoms. The summed E-state index contributed by atoms with van der Waals surface area (Å²) >= 11 is 0. The number of nitrogens with one attached hydrogen (secondary N) is 1. The maximum absolute atomic E-state index is 12.3. The second-order valence-corrected chi connectivity index (χ2v) is 6.23. The quantitative estimate of drug-likeness (QED) is 0.909. The molecule has 0 bridgehead atoms. The van der Waals surface area contributed by atoms with Gasteiger partial charge >= 0.3 is 0 Å². The Morgan fingerprint density at radius 2 is 1.90 bits per heavy atom. The third-order valence-electron chi connectivity index (χ3n) is 3.58. The average molecular weight is 285 g/mol. The highest BCUT2D eigenvalue weighted by atomic mass is 16.1. The summed E-state index contributed by atoms with van der Waals surface area (Å²) in [6.07, 6.45) is 2.14. The van der Waals surface area contributed by atoms with Gasteiger partial charge in [-0.3, -0.25) is 4.79 Å². The van der Waals surface area contributed by atoms with Gasteiger partial charge in [-0.25, -0.2) is 4.68 Å². The maximum Gasteiger partial charge on any atom is 0.226 e. The Kier molecular flexibility index (Phi) is 4.46. The van der Waals surface area contributed by atoms with E-state index in [4.69, 9.17) is 0 Å². The van der Waals surface area contributed by atoms with Gasteiger partial charge in [0.15, 0.2) is 0 Å². The molecule has 1 aromatic heterocycles. The van der Waals surface area contributed by atoms with E-state index in [1.54, 1.807) is 6.20 Å². The molecule has 1 amide bonds. The molecule has 112 valence electrons. The zero-order valence-corrected chi connectivity index (χ0v) is 13.1. The van der Waals surface area contributed by atoms with Crippen LogP contribution in [0.2, 0.25) is 0 Å². The molecular weight excluding hydrogens is 262 g/mol. The molecule has 0 atom stereocenters. The maximum atomic E-state index is 12.3. The molecule has 0 unspecified atom stereocenters. The highest BCUT2D eigenvalue weighted by molar-refractivity contribution is 5.90. The van der Waals surface area contributed by atoms with Crippen LogP contribution in [0, 0.1) is 0 Å². The van der Waals surface area contributed by atoms with Crippen LogP contribution in [0.5, 0.6) is 0 Å². The van der Waals surface area contributed by atoms with Crippen LogP contribution in [0.1, 0.15) is 45.7 Å². The average Bonchev–Trinajstić information content (AvgIpc) is 2.87. The second kappa shape index (κ2) is 6.12. The molecule has 0 saturated heterocycles. The molecule has 2 aromatic rings. The summed E-state index contributed by atoms with van der Waals surface area (Å²) < 4.78 is 1.81. The van der Waals surface area contributed by atoms with Gasteiger partial charge < -0.3 is 5.32 Å². The molecule has 0 aliphatic heterocycles. The third-order valence-corrected chi connectivity index (χ3v) is 3.58. The predicted molar refractivity (Wildman–Crippen MR) is 85.3 cm³/mol. The van der Waals surface area contributed by atoms with Crippen LogP contribution in [0.25, 0.3) is 0 Å². The van der Waals surface area contributed by atoms with E-state index in [0.29, 0.717) is 6.42 Å². The molecule has 0 saturated carbocycles. The van der Waals surface area contributed by atoms with Crippen molar-refractivity contribution in [2.24, 2.45) is 0 Å². The number of aromatic nitrogens is 2. The van der Waals surface area contributed by atoms with Gasteiger partial charge in [0.25, 0.3) is 0 Å². The largest absolute Gasteiger partial charge is 0.311 e. The number of nitrogens with zero attached hydrogens (tertiary/aromatic N) is 2. The van der Waals surface area contributed by atoms with Crippen LogP contribution < -0.4 is 5.32 Å². The first kappa shape index (κ1) is 15.3. The van der Waals surface area contributed by atoms with Gasteiger partial charge in [-0.1, -0.05) is 44.2 Å². The van der Waals surface area contributed by atoms with Crippen molar-refractivity contribution < 1.29 is 4.79 Å². The van der Waals surface area contributed by atoms with Crippen LogP contribution in [-0.4, -0.2) is 15.7 Å². The molecule has 1 N–H and O–H groups in total. The summed E-state index contributed by atoms with van der Waals surface area (Å²) in [5, 5.41) is 7.18. The van der Waals surface area contributed by atoms with Gasteiger partial charge in [0.05, 0.1) is 6.20 Å². The fraction of sp³-hybridized carbons (Fsp3) is 0.412. The van der Waals surface area contributed by atoms with E-state index in [0.717, 1.165) is 11.4 Å². The monoisotopic (exact) mass is 285 g/mol. The lowest BCUT2D eigenvalue weighted by molar-refractivity contribution is -0.117. The van der Waals surface area contributed by atoms with Crippen molar-refractivity contribution in [1.29, 1.82) is 0 Å². The lowest BCUT2D eigenvalue weighted by Crippen LogP contribution is -2.26. The molecule has 4 heteroatoms. The number of hydrogen-bond donors (Lipinski definition) is 1. The SMILES string of the molecule is CC(C)n1nccc1NC(=O)CC(C)(C)c1ccccc1. The molecular formula is C17H23N3O. The Balaban J connectivity index is 2.06. The van der Waals surface area contributed by atoms with Crippen LogP contribution in [0.3, 0.4) is 0 Å². The molecule has 2 rings (SSSR count). The highest BCUT2D eigenvalue weighted by Gasteiger charge is 2.24. The molecule has 4 nitrogen and oxygen atoms in total. The minimum atomic E-state index is -0.200. The summed E-state index contributed by atoms with van der Waals surface area (Å²) in [6, 6.07) is 12.2. The third kappa shape index (κ3) is 3.72. The van der Waals surface area contributed by atoms with Crippen molar-refractivity contribution >= 4 is 11.7 Å². The van der Waals surface area contributed by atoms with E-state index in [-0.39, 0.29) is 17.4 Å². The van der Waals surface area contributed by atoms with Crippen molar-refractivity contribution in [2.45, 2.75) is 45.6 Å². The molecule has 0 fully saturated rings. The molecule has 0 radical (unpaired) electrons. The summed E-state index contributed by atoms with van der Waals surface area (Å²) in [7, 11) is 0. The van der Waals surface area contributed by atoms with Crippen LogP contribution in [-0.2, 0) is 10.2 Å². The van der Waals surface area contributed by atoms with Gasteiger partial charge in [-0.05, 0) is 24.8 Å². The van der Waals surface area contributed by atoms with Gasteiger partial charge in [-0.2, -0.15) is 5.10 Å². The molecule has 1 heterocycles. The van der Waals surface area contributed by atoms with E-state index in [2.05, 4.69) is 36.4 Å². The Hall–Kier alpha value is -2.10. The van der Waals surface area contributed by atoms with Gasteiger partial charge in [0, 0.05) is 18.5 Å². The van der Waals surface area contributed by atoms with Gasteiger partial charge in [0.2, 0.25) is 5.91 Å². The first-order valence-corrected chi connectivity index (χ1v) is 7.29. The van der Waals surface area contributed by atoms with Crippen molar-refractivity contribution in [2.75, 3.05) is 5.32 Å². The van der Waals surface area contributed by atoms with Crippen molar-refractivity contribution in [1.82, 2.24) is 9.78 Å². The van der Waals surface area contributed by atoms with E-state index in [1.807, 2.05) is 42.8 Å². The van der Waals surface area contributed by atoms with E-state index in [9.17, 15) is 4.79 Å². The summed E-state index contributed by atoms with van der Waals surface area (Å²) in [4.78, 5) is 12.3. The normalized spacial score (nSPS) is 11.7. The van der Waals surface area contributed by atoms with Gasteiger partial charge in [0.1, 0.15) is 5.82 Å². The molecule has 1 aromatic carbocycles. The molecule has 21 heavy (non-hydrogen) atoms. The minimum Gasteiger partial charge on any atom is -0.311 e. The number of rotatable bonds is 5. The fourth-order valence-electron chi connectivity index (χ4n) is 2.40. The number of benzene rings is 1. The first-order chi connectivity index (χ1) is 9.90. The predicted octanol–water partition coefficient (Wildman–Crippen LogP) is 3.77. The van der Waals surface area contributed by atoms with Crippen molar-refractivity contribution in [3.05, 3.63) is 48.2 Å². The van der Waals surface area contributed by atoms with Crippen molar-refractivity contribution in [3.8, 4) is 0 Å². The van der Waals surface area contributed by atoms with Crippen LogP contribution in [0.4, 0.5) is 5.82 Å². The Morgan fingerprint density at radius 3 is 2.52 bits per heavy atom. The minimum absolute atomic E-state index is 0.00579. The summed E-state index contributed by atoms with van der Waals surface area (Å²) in [5.74, 6) is 0.755. The highest BCUT2D eigenvalue weighted by Crippen LogP contribution is 2.27. The summed E-state index contributed by atoms with van der Waals surface area (Å²) in [6.45, 7) is 8.25. The zero-order chi connectivity index (χ0) is 15.5. The topological polar surface area (TPSA) is 46.9 Å². The first-order valence-electron chi connectivity index (χ1n) is 7.29. The lowest BCUT2D eigenvalue weighted by Gasteiger charge is -2.24. The van der Waals surface area contributed by atoms with Crippen LogP contribution in [0.15, 0.2) is 42.6 Å². The standard InChI is InChI=1S/C17H23N3O/c1-13(2)20-15(10-11-18-20)19-16(21)12-17(3,4)14-8-6-5-7-9-14/h5-11,13H,12H2,1-4H3,(H,19,21). The Bertz CT molecular complexity index is 600. The smallest absolute Gasteiger partial charge is 0.226 e. The number of amides is 1. The van der Waals surface area contributed by atoms with E-state index < -0.39 is 0 Å². The zero-order valence-electron chi connectivity index (χ0n) is 13.1. The second-order valence-electron chi connectivity index (χ2n) is 6.23. The molecule has 0 aliphatic rings. The summed E-state index contributed by atoms with van der Waals surface area (Å²) in [5.41, 5.74) is 0.964.